The summed E-state index contributed by atoms with van der Waals surface area (Å²) in [5, 5.41) is 0.966. The summed E-state index contributed by atoms with van der Waals surface area (Å²) >= 11 is 3.99. The van der Waals surface area contributed by atoms with Crippen LogP contribution >= 0.6 is 12.6 Å². The molecule has 0 unspecified atom stereocenters. The molecule has 0 aliphatic heterocycles. The Balaban J connectivity index is 2.34. The lowest BCUT2D eigenvalue weighted by Gasteiger charge is -1.90. The summed E-state index contributed by atoms with van der Waals surface area (Å²) in [6.07, 6.45) is 0. The van der Waals surface area contributed by atoms with Gasteiger partial charge in [-0.2, -0.15) is 12.6 Å². The summed E-state index contributed by atoms with van der Waals surface area (Å²) in [5.74, 6) is 0. The molecule has 0 saturated heterocycles. The minimum atomic E-state index is -0.214. The lowest BCUT2D eigenvalue weighted by atomic mass is 10.9. The van der Waals surface area contributed by atoms with Gasteiger partial charge in [-0.15, -0.1) is 0 Å². The largest absolute Gasteiger partial charge is 0.423 e. The number of hydrogen-bond donors (Lipinski definition) is 1. The molecule has 0 fully saturated rings. The van der Waals surface area contributed by atoms with Gasteiger partial charge in [0.15, 0.2) is 9.76 Å². The maximum atomic E-state index is 5.05. The first kappa shape index (κ1) is 6.53. The first-order valence-electron chi connectivity index (χ1n) is 2.10. The van der Waals surface area contributed by atoms with Gasteiger partial charge in [-0.3, -0.25) is 0 Å². The second-order valence-corrected chi connectivity index (χ2v) is 3.53. The zero-order valence-corrected chi connectivity index (χ0v) is 6.29. The highest BCUT2D eigenvalue weighted by Gasteiger charge is 1.75. The van der Waals surface area contributed by atoms with Crippen LogP contribution in [0.1, 0.15) is 6.92 Å². The lowest BCUT2D eigenvalue weighted by Crippen LogP contribution is -1.98. The first-order chi connectivity index (χ1) is 2.91. The molecule has 0 bridgehead atoms. The number of rotatable bonds is 3. The van der Waals surface area contributed by atoms with Gasteiger partial charge in [0.05, 0.1) is 0 Å². The van der Waals surface area contributed by atoms with Gasteiger partial charge < -0.3 is 4.43 Å². The first-order valence-corrected chi connectivity index (χ1v) is 4.31. The van der Waals surface area contributed by atoms with Gasteiger partial charge in [0.25, 0.3) is 0 Å². The molecule has 0 saturated carbocycles. The van der Waals surface area contributed by atoms with E-state index in [1.807, 2.05) is 6.92 Å². The van der Waals surface area contributed by atoms with Crippen molar-refractivity contribution in [3.8, 4) is 0 Å². The summed E-state index contributed by atoms with van der Waals surface area (Å²) < 4.78 is 5.05. The summed E-state index contributed by atoms with van der Waals surface area (Å²) in [6, 6.07) is 0. The van der Waals surface area contributed by atoms with Crippen LogP contribution in [0.4, 0.5) is 0 Å². The van der Waals surface area contributed by atoms with Gasteiger partial charge in [0.1, 0.15) is 0 Å². The van der Waals surface area contributed by atoms with E-state index in [0.717, 1.165) is 12.0 Å². The molecule has 1 nitrogen and oxygen atoms in total. The molecule has 0 amide bonds. The van der Waals surface area contributed by atoms with E-state index in [0.29, 0.717) is 0 Å². The van der Waals surface area contributed by atoms with Crippen molar-refractivity contribution in [3.05, 3.63) is 0 Å². The Kier molecular flexibility index (Phi) is 6.01. The third-order valence-corrected chi connectivity index (χ3v) is 1.87. The van der Waals surface area contributed by atoms with E-state index in [-0.39, 0.29) is 9.76 Å². The van der Waals surface area contributed by atoms with E-state index in [2.05, 4.69) is 12.6 Å². The Bertz CT molecular complexity index is 22.8. The van der Waals surface area contributed by atoms with Crippen LogP contribution < -0.4 is 0 Å². The molecule has 38 valence electrons. The molecule has 0 heterocycles. The van der Waals surface area contributed by atoms with Crippen LogP contribution in [0.3, 0.4) is 0 Å². The highest BCUT2D eigenvalue weighted by atomic mass is 32.1. The standard InChI is InChI=1S/C3H10OSSi/c1-2-4-6-3-5/h5H,2-3,6H2,1H3. The van der Waals surface area contributed by atoms with Crippen LogP contribution in [-0.2, 0) is 4.43 Å². The molecule has 0 rings (SSSR count). The Morgan fingerprint density at radius 3 is 2.67 bits per heavy atom. The van der Waals surface area contributed by atoms with Crippen molar-refractivity contribution in [2.75, 3.05) is 12.0 Å². The normalized spacial score (nSPS) is 11.0. The maximum absolute atomic E-state index is 5.05. The summed E-state index contributed by atoms with van der Waals surface area (Å²) in [4.78, 5) is 0. The molecule has 0 atom stereocenters. The van der Waals surface area contributed by atoms with Gasteiger partial charge in [-0.05, 0) is 6.92 Å². The van der Waals surface area contributed by atoms with Gasteiger partial charge in [0.2, 0.25) is 0 Å². The fourth-order valence-electron chi connectivity index (χ4n) is 0.209. The van der Waals surface area contributed by atoms with E-state index in [1.54, 1.807) is 0 Å². The van der Waals surface area contributed by atoms with E-state index in [9.17, 15) is 0 Å². The van der Waals surface area contributed by atoms with Crippen LogP contribution in [0, 0.1) is 0 Å². The molecule has 0 aliphatic rings. The highest BCUT2D eigenvalue weighted by molar-refractivity contribution is 7.81. The molecule has 6 heavy (non-hydrogen) atoms. The van der Waals surface area contributed by atoms with Gasteiger partial charge in [-0.1, -0.05) is 0 Å². The quantitative estimate of drug-likeness (QED) is 0.315. The Morgan fingerprint density at radius 1 is 1.83 bits per heavy atom. The fourth-order valence-corrected chi connectivity index (χ4v) is 1.01. The molecular formula is C3H10OSSi. The maximum Gasteiger partial charge on any atom is 0.170 e. The Hall–Kier alpha value is 0.527. The third-order valence-electron chi connectivity index (χ3n) is 0.440. The SMILES string of the molecule is CCO[SiH2]CS. The minimum absolute atomic E-state index is 0.214. The minimum Gasteiger partial charge on any atom is -0.423 e. The fraction of sp³-hybridized carbons (Fsp3) is 1.00. The summed E-state index contributed by atoms with van der Waals surface area (Å²) in [7, 11) is -0.214. The van der Waals surface area contributed by atoms with Crippen LogP contribution in [-0.4, -0.2) is 21.7 Å². The van der Waals surface area contributed by atoms with Crippen LogP contribution in [0.25, 0.3) is 0 Å². The molecule has 0 aliphatic carbocycles. The van der Waals surface area contributed by atoms with Crippen molar-refractivity contribution in [1.82, 2.24) is 0 Å². The molecule has 3 heteroatoms. The summed E-state index contributed by atoms with van der Waals surface area (Å²) in [6.45, 7) is 2.88. The van der Waals surface area contributed by atoms with Crippen LogP contribution in [0.2, 0.25) is 0 Å². The second-order valence-electron chi connectivity index (χ2n) is 0.921. The Labute approximate surface area is 46.4 Å². The van der Waals surface area contributed by atoms with Gasteiger partial charge in [0, 0.05) is 12.0 Å². The summed E-state index contributed by atoms with van der Waals surface area (Å²) in [5.41, 5.74) is 0. The van der Waals surface area contributed by atoms with Crippen molar-refractivity contribution in [3.63, 3.8) is 0 Å². The molecule has 0 radical (unpaired) electrons. The third kappa shape index (κ3) is 4.53. The van der Waals surface area contributed by atoms with E-state index in [4.69, 9.17) is 4.43 Å². The smallest absolute Gasteiger partial charge is 0.170 e. The number of thiol groups is 1. The van der Waals surface area contributed by atoms with Crippen LogP contribution in [0.5, 0.6) is 0 Å². The molecule has 0 aromatic carbocycles. The highest BCUT2D eigenvalue weighted by Crippen LogP contribution is 1.70. The van der Waals surface area contributed by atoms with E-state index < -0.39 is 0 Å². The second kappa shape index (κ2) is 5.53. The average molecular weight is 122 g/mol. The zero-order chi connectivity index (χ0) is 4.83. The predicted molar refractivity (Wildman–Crippen MR) is 34.0 cm³/mol. The van der Waals surface area contributed by atoms with Crippen molar-refractivity contribution in [1.29, 1.82) is 0 Å². The van der Waals surface area contributed by atoms with Gasteiger partial charge in [-0.25, -0.2) is 0 Å². The predicted octanol–water partition coefficient (Wildman–Crippen LogP) is -0.00600. The molecule has 0 aromatic heterocycles. The molecule has 0 aromatic rings. The lowest BCUT2D eigenvalue weighted by molar-refractivity contribution is 0.363. The van der Waals surface area contributed by atoms with E-state index >= 15 is 0 Å². The van der Waals surface area contributed by atoms with Crippen molar-refractivity contribution in [2.45, 2.75) is 6.92 Å². The topological polar surface area (TPSA) is 9.23 Å². The molecular weight excluding hydrogens is 112 g/mol. The Morgan fingerprint density at radius 2 is 2.50 bits per heavy atom. The van der Waals surface area contributed by atoms with Crippen molar-refractivity contribution < 1.29 is 4.43 Å². The zero-order valence-electron chi connectivity index (χ0n) is 3.98. The van der Waals surface area contributed by atoms with Crippen molar-refractivity contribution >= 4 is 22.4 Å². The average Bonchev–Trinajstić information content (AvgIpc) is 1.61. The van der Waals surface area contributed by atoms with Crippen molar-refractivity contribution in [2.24, 2.45) is 0 Å². The number of hydrogen-bond acceptors (Lipinski definition) is 2. The monoisotopic (exact) mass is 122 g/mol. The molecule has 0 N–H and O–H groups in total. The van der Waals surface area contributed by atoms with Gasteiger partial charge >= 0.3 is 0 Å². The molecule has 0 spiro atoms. The van der Waals surface area contributed by atoms with E-state index in [1.165, 1.54) is 0 Å². The van der Waals surface area contributed by atoms with Crippen LogP contribution in [0.15, 0.2) is 0 Å².